The fourth-order valence-corrected chi connectivity index (χ4v) is 8.02. The van der Waals surface area contributed by atoms with Crippen LogP contribution in [-0.2, 0) is 43.2 Å². The van der Waals surface area contributed by atoms with E-state index in [-0.39, 0.29) is 72.2 Å². The van der Waals surface area contributed by atoms with Crippen molar-refractivity contribution in [2.24, 2.45) is 0 Å². The maximum absolute atomic E-state index is 12.7. The molecule has 0 amide bonds. The van der Waals surface area contributed by atoms with Crippen LogP contribution in [0.5, 0.6) is 11.5 Å². The van der Waals surface area contributed by atoms with Crippen molar-refractivity contribution in [2.45, 2.75) is 14.7 Å². The zero-order chi connectivity index (χ0) is 55.3. The molecule has 7 rings (SSSR count). The van der Waals surface area contributed by atoms with Gasteiger partial charge in [0.05, 0.1) is 40.8 Å². The number of alkyl halides is 1. The summed E-state index contributed by atoms with van der Waals surface area (Å²) in [6.07, 6.45) is 4.77. The molecule has 0 spiro atoms. The van der Waals surface area contributed by atoms with E-state index in [2.05, 4.69) is 49.6 Å². The van der Waals surface area contributed by atoms with Crippen LogP contribution in [-0.4, -0.2) is 73.5 Å². The third-order valence-corrected chi connectivity index (χ3v) is 12.8. The number of nitrogen functional groups attached to an aromatic ring is 1. The first-order valence-electron chi connectivity index (χ1n) is 20.0. The van der Waals surface area contributed by atoms with Gasteiger partial charge in [0.1, 0.15) is 32.7 Å². The molecule has 0 bridgehead atoms. The van der Waals surface area contributed by atoms with Gasteiger partial charge in [0.15, 0.2) is 0 Å². The average Bonchev–Trinajstić information content (AvgIpc) is 3.36. The number of phenols is 2. The van der Waals surface area contributed by atoms with E-state index in [0.29, 0.717) is 21.8 Å². The molecular formula is C47H41Cl3FN2NaO15S4. The molecule has 26 heteroatoms. The predicted octanol–water partition coefficient (Wildman–Crippen LogP) is 7.57. The number of nitrogens with one attached hydrogen (secondary N) is 1. The maximum Gasteiger partial charge on any atom is 1.00 e. The van der Waals surface area contributed by atoms with Crippen LogP contribution in [0.3, 0.4) is 0 Å². The molecule has 7 aromatic rings. The third kappa shape index (κ3) is 19.5. The van der Waals surface area contributed by atoms with Crippen molar-refractivity contribution >= 4 is 136 Å². The van der Waals surface area contributed by atoms with E-state index in [9.17, 15) is 59.1 Å². The van der Waals surface area contributed by atoms with Crippen LogP contribution in [0.15, 0.2) is 168 Å². The van der Waals surface area contributed by atoms with Gasteiger partial charge in [-0.25, -0.2) is 30.6 Å². The summed E-state index contributed by atoms with van der Waals surface area (Å²) >= 11 is 4.79. The number of benzene rings is 7. The minimum Gasteiger partial charge on any atom is -0.744 e. The molecular weight excluding hydrogens is 1110 g/mol. The summed E-state index contributed by atoms with van der Waals surface area (Å²) in [5.74, 6) is -3.20. The molecule has 0 heterocycles. The smallest absolute Gasteiger partial charge is 0.744 e. The topological polar surface area (TPSA) is 305 Å². The number of anilines is 2. The Morgan fingerprint density at radius 2 is 1.00 bits per heavy atom. The number of fused-ring (bicyclic) bond motifs is 2. The number of carboxylic acid groups (broad SMARTS) is 2. The number of carbonyl (C=O) groups is 2. The predicted molar refractivity (Wildman–Crippen MR) is 279 cm³/mol. The van der Waals surface area contributed by atoms with Crippen LogP contribution in [0.2, 0.25) is 0 Å². The number of hydrogen-bond acceptors (Lipinski definition) is 14. The second-order valence-electron chi connectivity index (χ2n) is 13.5. The average molecular weight is 1150 g/mol. The zero-order valence-corrected chi connectivity index (χ0v) is 45.3. The SMILES string of the molecule is C=Cc1ccc(S(=O)(=O)Nc2cc(C(=O)O)c(O)c3ccccc23)cc1.C=Cc1ccc(S(=O)(=O)OCl)cc1.C=Cc1ccc(S(=O)(=O)[O-])cc1.Nc1cc(C(=O)O)c(O)c2ccccc12.O=S(Cl)Cl.[2H]CF.[Na+]. The number of aromatic carboxylic acids is 2. The first-order chi connectivity index (χ1) is 34.2. The van der Waals surface area contributed by atoms with Gasteiger partial charge in [-0.1, -0.05) is 123 Å². The minimum absolute atomic E-state index is 0. The first kappa shape index (κ1) is 63.3. The Labute approximate surface area is 459 Å². The second-order valence-corrected chi connectivity index (χ2v) is 20.9. The molecule has 0 aliphatic carbocycles. The van der Waals surface area contributed by atoms with Crippen molar-refractivity contribution in [1.82, 2.24) is 0 Å². The van der Waals surface area contributed by atoms with Crippen LogP contribution >= 0.6 is 33.2 Å². The Morgan fingerprint density at radius 3 is 1.36 bits per heavy atom. The molecule has 0 saturated carbocycles. The number of nitrogens with two attached hydrogens (primary N) is 1. The standard InChI is InChI=1S/C19H15NO5S.C11H9NO3.C8H7ClO3S.C8H8O3S.CH3F.Cl2OS.Na/c1-2-12-7-9-13(10-8-12)26(24,25)20-17-11-16(19(22)23)18(21)15-6-4-3-5-14(15)17;12-9-5-8(11(14)15)10(13)7-4-2-1-3-6(7)9;1-2-7-3-5-8(6-4-7)13(10,11)12-9;1-2-7-3-5-8(6-4-7)12(9,10)11;1-2;1-4(2)3;/h2-11,20-21H,1H2,(H,22,23);1-5,13H,12H2,(H,14,15);2-6H,1H2;2-6H,1H2,(H,9,10,11);1H3;;/q;;;;;;+1/p-1/i;;;;1D;;. The summed E-state index contributed by atoms with van der Waals surface area (Å²) in [5.41, 5.74) is 7.93. The molecule has 7 aromatic carbocycles. The van der Waals surface area contributed by atoms with Gasteiger partial charge in [-0.2, -0.15) is 12.2 Å². The normalized spacial score (nSPS) is 10.7. The Balaban J connectivity index is 0.000000493. The van der Waals surface area contributed by atoms with Crippen molar-refractivity contribution in [3.05, 3.63) is 181 Å². The molecule has 0 aliphatic rings. The number of sulfonamides is 1. The molecule has 0 aromatic heterocycles. The van der Waals surface area contributed by atoms with Crippen LogP contribution in [0.1, 0.15) is 38.8 Å². The summed E-state index contributed by atoms with van der Waals surface area (Å²) in [6.45, 7) is 10.6. The van der Waals surface area contributed by atoms with Gasteiger partial charge in [0, 0.05) is 48.6 Å². The van der Waals surface area contributed by atoms with Gasteiger partial charge >= 0.3 is 51.6 Å². The van der Waals surface area contributed by atoms with Crippen molar-refractivity contribution in [2.75, 3.05) is 17.6 Å². The molecule has 0 radical (unpaired) electrons. The Morgan fingerprint density at radius 1 is 0.671 bits per heavy atom. The molecule has 0 fully saturated rings. The van der Waals surface area contributed by atoms with Gasteiger partial charge < -0.3 is 30.7 Å². The quantitative estimate of drug-likeness (QED) is 0.0239. The van der Waals surface area contributed by atoms with E-state index >= 15 is 0 Å². The maximum atomic E-state index is 12.7. The van der Waals surface area contributed by atoms with Gasteiger partial charge in [-0.15, -0.1) is 0 Å². The second kappa shape index (κ2) is 30.4. The van der Waals surface area contributed by atoms with E-state index < -0.39 is 64.3 Å². The van der Waals surface area contributed by atoms with Gasteiger partial charge in [-0.05, 0) is 65.2 Å². The molecule has 382 valence electrons. The van der Waals surface area contributed by atoms with Crippen LogP contribution in [0.4, 0.5) is 15.8 Å². The van der Waals surface area contributed by atoms with E-state index in [1.165, 1.54) is 60.7 Å². The molecule has 0 aliphatic heterocycles. The Kier molecular flexibility index (Phi) is 26.3. The van der Waals surface area contributed by atoms with E-state index in [4.69, 9.17) is 28.3 Å². The third-order valence-electron chi connectivity index (χ3n) is 9.09. The molecule has 0 saturated heterocycles. The van der Waals surface area contributed by atoms with Gasteiger partial charge in [-0.3, -0.25) is 9.11 Å². The van der Waals surface area contributed by atoms with Crippen LogP contribution in [0, 0.1) is 0 Å². The zero-order valence-electron chi connectivity index (χ0n) is 38.8. The van der Waals surface area contributed by atoms with Gasteiger partial charge in [0.2, 0.25) is 9.23 Å². The fourth-order valence-electron chi connectivity index (χ4n) is 5.72. The van der Waals surface area contributed by atoms with E-state index in [1.54, 1.807) is 85.0 Å². The Hall–Kier alpha value is -5.86. The first-order valence-corrected chi connectivity index (χ1v) is 26.7. The van der Waals surface area contributed by atoms with Crippen LogP contribution in [0.25, 0.3) is 39.8 Å². The number of halogens is 4. The molecule has 0 unspecified atom stereocenters. The summed E-state index contributed by atoms with van der Waals surface area (Å²) < 4.78 is 110. The largest absolute Gasteiger partial charge is 1.00 e. The van der Waals surface area contributed by atoms with Crippen molar-refractivity contribution in [1.29, 1.82) is 0 Å². The number of aromatic hydroxyl groups is 2. The summed E-state index contributed by atoms with van der Waals surface area (Å²) in [6, 6.07) is 33.3. The Bertz CT molecular complexity index is 3450. The van der Waals surface area contributed by atoms with Gasteiger partial charge in [0.25, 0.3) is 10.0 Å². The summed E-state index contributed by atoms with van der Waals surface area (Å²) in [7, 11) is -5.69. The number of carboxylic acids is 2. The van der Waals surface area contributed by atoms with Crippen molar-refractivity contribution in [3.63, 3.8) is 0 Å². The number of rotatable bonds is 11. The molecule has 73 heavy (non-hydrogen) atoms. The van der Waals surface area contributed by atoms with E-state index in [0.717, 1.165) is 22.8 Å². The van der Waals surface area contributed by atoms with Crippen molar-refractivity contribution < 1.29 is 103 Å². The molecule has 17 nitrogen and oxygen atoms in total. The fraction of sp³-hybridized carbons (Fsp3) is 0.0213. The van der Waals surface area contributed by atoms with Crippen molar-refractivity contribution in [3.8, 4) is 11.5 Å². The summed E-state index contributed by atoms with van der Waals surface area (Å²) in [5, 5.41) is 39.7. The van der Waals surface area contributed by atoms with Crippen LogP contribution < -0.4 is 40.0 Å². The van der Waals surface area contributed by atoms with E-state index in [1.807, 2.05) is 0 Å². The number of hydrogen-bond donors (Lipinski definition) is 6. The molecule has 7 N–H and O–H groups in total. The molecule has 0 atom stereocenters. The minimum atomic E-state index is -4.31. The monoisotopic (exact) mass is 1150 g/mol. The summed E-state index contributed by atoms with van der Waals surface area (Å²) in [4.78, 5) is 22.0.